The molecule has 1 aliphatic carbocycles. The fraction of sp³-hybridized carbons (Fsp3) is 1.00. The van der Waals surface area contributed by atoms with Gasteiger partial charge in [0.15, 0.2) is 0 Å². The first-order chi connectivity index (χ1) is 8.11. The lowest BCUT2D eigenvalue weighted by Crippen LogP contribution is -2.46. The Labute approximate surface area is 104 Å². The Kier molecular flexibility index (Phi) is 6.40. The minimum Gasteiger partial charge on any atom is -0.385 e. The summed E-state index contributed by atoms with van der Waals surface area (Å²) in [6.07, 6.45) is 4.42. The third-order valence-corrected chi connectivity index (χ3v) is 5.17. The molecule has 0 unspecified atom stereocenters. The lowest BCUT2D eigenvalue weighted by molar-refractivity contribution is 0.196. The van der Waals surface area contributed by atoms with Crippen molar-refractivity contribution in [3.8, 4) is 0 Å². The van der Waals surface area contributed by atoms with E-state index in [1.807, 2.05) is 0 Å². The molecule has 5 nitrogen and oxygen atoms in total. The van der Waals surface area contributed by atoms with Crippen molar-refractivity contribution < 1.29 is 13.2 Å². The first-order valence-electron chi connectivity index (χ1n) is 6.30. The van der Waals surface area contributed by atoms with Gasteiger partial charge in [0.1, 0.15) is 0 Å². The molecule has 0 heterocycles. The maximum Gasteiger partial charge on any atom is 0.214 e. The highest BCUT2D eigenvalue weighted by atomic mass is 32.2. The van der Waals surface area contributed by atoms with Gasteiger partial charge in [0.2, 0.25) is 10.0 Å². The maximum atomic E-state index is 12.2. The third-order valence-electron chi connectivity index (χ3n) is 3.17. The minimum absolute atomic E-state index is 0.182. The van der Waals surface area contributed by atoms with E-state index in [1.165, 1.54) is 0 Å². The van der Waals surface area contributed by atoms with E-state index in [1.54, 1.807) is 11.4 Å². The zero-order valence-corrected chi connectivity index (χ0v) is 11.4. The Bertz CT molecular complexity index is 302. The average molecular weight is 264 g/mol. The van der Waals surface area contributed by atoms with Gasteiger partial charge >= 0.3 is 0 Å². The van der Waals surface area contributed by atoms with Crippen LogP contribution in [0.15, 0.2) is 0 Å². The number of methoxy groups -OCH3 is 1. The summed E-state index contributed by atoms with van der Waals surface area (Å²) in [6, 6.07) is 0.217. The molecule has 1 saturated carbocycles. The van der Waals surface area contributed by atoms with Gasteiger partial charge < -0.3 is 10.5 Å². The Balaban J connectivity index is 2.53. The third kappa shape index (κ3) is 4.54. The smallest absolute Gasteiger partial charge is 0.214 e. The monoisotopic (exact) mass is 264 g/mol. The molecular formula is C11H24N2O3S. The summed E-state index contributed by atoms with van der Waals surface area (Å²) in [6.45, 7) is 1.60. The molecule has 1 rings (SSSR count). The number of rotatable bonds is 9. The van der Waals surface area contributed by atoms with Crippen LogP contribution >= 0.6 is 0 Å². The lowest BCUT2D eigenvalue weighted by atomic mass is 9.93. The second-order valence-corrected chi connectivity index (χ2v) is 6.54. The number of ether oxygens (including phenoxy) is 1. The molecule has 0 aromatic rings. The summed E-state index contributed by atoms with van der Waals surface area (Å²) < 4.78 is 30.9. The molecule has 0 aromatic carbocycles. The Morgan fingerprint density at radius 3 is 2.53 bits per heavy atom. The van der Waals surface area contributed by atoms with E-state index in [0.717, 1.165) is 25.7 Å². The van der Waals surface area contributed by atoms with Gasteiger partial charge in [-0.2, -0.15) is 4.31 Å². The van der Waals surface area contributed by atoms with Crippen LogP contribution in [0.1, 0.15) is 32.1 Å². The molecule has 1 aliphatic rings. The highest BCUT2D eigenvalue weighted by Crippen LogP contribution is 2.27. The topological polar surface area (TPSA) is 72.6 Å². The van der Waals surface area contributed by atoms with Crippen LogP contribution in [-0.4, -0.2) is 51.3 Å². The molecule has 0 bridgehead atoms. The van der Waals surface area contributed by atoms with Crippen molar-refractivity contribution in [2.24, 2.45) is 5.73 Å². The molecule has 2 N–H and O–H groups in total. The van der Waals surface area contributed by atoms with Crippen molar-refractivity contribution in [1.29, 1.82) is 0 Å². The van der Waals surface area contributed by atoms with Gasteiger partial charge in [-0.15, -0.1) is 0 Å². The molecular weight excluding hydrogens is 240 g/mol. The van der Waals surface area contributed by atoms with E-state index < -0.39 is 10.0 Å². The number of nitrogens with zero attached hydrogens (tertiary/aromatic N) is 1. The summed E-state index contributed by atoms with van der Waals surface area (Å²) in [5.74, 6) is 0.182. The van der Waals surface area contributed by atoms with Crippen LogP contribution in [0.4, 0.5) is 0 Å². The van der Waals surface area contributed by atoms with Gasteiger partial charge in [0, 0.05) is 26.3 Å². The van der Waals surface area contributed by atoms with Crippen molar-refractivity contribution in [3.63, 3.8) is 0 Å². The molecule has 0 aromatic heterocycles. The molecule has 0 atom stereocenters. The fourth-order valence-electron chi connectivity index (χ4n) is 1.97. The molecule has 0 saturated heterocycles. The minimum atomic E-state index is -3.13. The van der Waals surface area contributed by atoms with Gasteiger partial charge in [-0.05, 0) is 32.2 Å². The number of sulfonamides is 1. The molecule has 0 radical (unpaired) electrons. The lowest BCUT2D eigenvalue weighted by Gasteiger charge is -2.36. The van der Waals surface area contributed by atoms with E-state index in [-0.39, 0.29) is 11.8 Å². The van der Waals surface area contributed by atoms with E-state index in [4.69, 9.17) is 10.5 Å². The van der Waals surface area contributed by atoms with Crippen LogP contribution in [0.3, 0.4) is 0 Å². The Morgan fingerprint density at radius 2 is 2.06 bits per heavy atom. The standard InChI is InChI=1S/C11H24N2O3S/c1-16-9-4-10-17(14,15)13(8-3-7-12)11-5-2-6-11/h11H,2-10,12H2,1H3. The summed E-state index contributed by atoms with van der Waals surface area (Å²) in [5, 5.41) is 0. The van der Waals surface area contributed by atoms with Crippen molar-refractivity contribution in [2.45, 2.75) is 38.1 Å². The van der Waals surface area contributed by atoms with Crippen molar-refractivity contribution in [2.75, 3.05) is 32.6 Å². The van der Waals surface area contributed by atoms with Crippen LogP contribution in [0.25, 0.3) is 0 Å². The number of hydrogen-bond acceptors (Lipinski definition) is 4. The Morgan fingerprint density at radius 1 is 1.35 bits per heavy atom. The quantitative estimate of drug-likeness (QED) is 0.617. The first-order valence-corrected chi connectivity index (χ1v) is 7.91. The van der Waals surface area contributed by atoms with Gasteiger partial charge in [-0.25, -0.2) is 8.42 Å². The summed E-state index contributed by atoms with van der Waals surface area (Å²) >= 11 is 0. The van der Waals surface area contributed by atoms with E-state index >= 15 is 0 Å². The van der Waals surface area contributed by atoms with Gasteiger partial charge in [0.05, 0.1) is 5.75 Å². The molecule has 0 amide bonds. The van der Waals surface area contributed by atoms with Crippen LogP contribution in [-0.2, 0) is 14.8 Å². The van der Waals surface area contributed by atoms with Crippen LogP contribution < -0.4 is 5.73 Å². The van der Waals surface area contributed by atoms with Crippen LogP contribution in [0.5, 0.6) is 0 Å². The molecule has 6 heteroatoms. The van der Waals surface area contributed by atoms with Crippen molar-refractivity contribution >= 4 is 10.0 Å². The van der Waals surface area contributed by atoms with Gasteiger partial charge in [-0.3, -0.25) is 0 Å². The van der Waals surface area contributed by atoms with E-state index in [9.17, 15) is 8.42 Å². The van der Waals surface area contributed by atoms with E-state index in [2.05, 4.69) is 0 Å². The molecule has 0 spiro atoms. The van der Waals surface area contributed by atoms with Crippen molar-refractivity contribution in [3.05, 3.63) is 0 Å². The number of nitrogens with two attached hydrogens (primary N) is 1. The van der Waals surface area contributed by atoms with Crippen molar-refractivity contribution in [1.82, 2.24) is 4.31 Å². The summed E-state index contributed by atoms with van der Waals surface area (Å²) in [5.41, 5.74) is 5.46. The summed E-state index contributed by atoms with van der Waals surface area (Å²) in [7, 11) is -1.54. The highest BCUT2D eigenvalue weighted by molar-refractivity contribution is 7.89. The molecule has 102 valence electrons. The molecule has 0 aliphatic heterocycles. The van der Waals surface area contributed by atoms with Gasteiger partial charge in [0.25, 0.3) is 0 Å². The maximum absolute atomic E-state index is 12.2. The van der Waals surface area contributed by atoms with Gasteiger partial charge in [-0.1, -0.05) is 6.42 Å². The number of hydrogen-bond donors (Lipinski definition) is 1. The summed E-state index contributed by atoms with van der Waals surface area (Å²) in [4.78, 5) is 0. The Hall–Kier alpha value is -0.170. The second-order valence-electron chi connectivity index (χ2n) is 4.50. The largest absolute Gasteiger partial charge is 0.385 e. The zero-order chi connectivity index (χ0) is 12.7. The fourth-order valence-corrected chi connectivity index (χ4v) is 3.76. The SMILES string of the molecule is COCCCS(=O)(=O)N(CCCN)C1CCC1. The molecule has 17 heavy (non-hydrogen) atoms. The van der Waals surface area contributed by atoms with Crippen LogP contribution in [0, 0.1) is 0 Å². The average Bonchev–Trinajstić information content (AvgIpc) is 2.21. The highest BCUT2D eigenvalue weighted by Gasteiger charge is 2.32. The van der Waals surface area contributed by atoms with E-state index in [0.29, 0.717) is 26.1 Å². The zero-order valence-electron chi connectivity index (χ0n) is 10.6. The van der Waals surface area contributed by atoms with Crippen LogP contribution in [0.2, 0.25) is 0 Å². The first kappa shape index (κ1) is 14.9. The molecule has 1 fully saturated rings. The predicted octanol–water partition coefficient (Wildman–Crippen LogP) is 0.556. The second kappa shape index (κ2) is 7.31. The predicted molar refractivity (Wildman–Crippen MR) is 68.3 cm³/mol. The normalized spacial score (nSPS) is 17.4.